The van der Waals surface area contributed by atoms with E-state index < -0.39 is 0 Å². The molecule has 0 aromatic heterocycles. The minimum Gasteiger partial charge on any atom is -0.309 e. The standard InChI is InChI=1S/C16H26N2S/c1-16(2)13-18(9-10-19-3)15(12-17-16)11-14-7-5-4-6-8-14/h4-8,15,17H,9-13H2,1-3H3. The Balaban J connectivity index is 2.00. The van der Waals surface area contributed by atoms with Crippen LogP contribution < -0.4 is 5.32 Å². The lowest BCUT2D eigenvalue weighted by Crippen LogP contribution is -2.62. The average molecular weight is 278 g/mol. The van der Waals surface area contributed by atoms with Crippen LogP contribution >= 0.6 is 11.8 Å². The molecule has 1 aromatic carbocycles. The zero-order valence-electron chi connectivity index (χ0n) is 12.4. The van der Waals surface area contributed by atoms with Gasteiger partial charge in [-0.15, -0.1) is 0 Å². The van der Waals surface area contributed by atoms with Crippen molar-refractivity contribution in [3.05, 3.63) is 35.9 Å². The normalized spacial score (nSPS) is 23.4. The van der Waals surface area contributed by atoms with Crippen LogP contribution in [0.3, 0.4) is 0 Å². The first kappa shape index (κ1) is 14.9. The van der Waals surface area contributed by atoms with E-state index in [0.717, 1.165) is 19.5 Å². The van der Waals surface area contributed by atoms with E-state index in [1.165, 1.54) is 17.9 Å². The summed E-state index contributed by atoms with van der Waals surface area (Å²) in [6.07, 6.45) is 3.35. The van der Waals surface area contributed by atoms with Gasteiger partial charge in [0, 0.05) is 37.0 Å². The topological polar surface area (TPSA) is 15.3 Å². The summed E-state index contributed by atoms with van der Waals surface area (Å²) in [5.74, 6) is 1.22. The summed E-state index contributed by atoms with van der Waals surface area (Å²) in [7, 11) is 0. The second kappa shape index (κ2) is 6.78. The van der Waals surface area contributed by atoms with Crippen LogP contribution in [0.5, 0.6) is 0 Å². The van der Waals surface area contributed by atoms with Gasteiger partial charge in [-0.3, -0.25) is 4.90 Å². The Kier molecular flexibility index (Phi) is 5.31. The van der Waals surface area contributed by atoms with Gasteiger partial charge in [0.15, 0.2) is 0 Å². The number of thioether (sulfide) groups is 1. The van der Waals surface area contributed by atoms with Crippen LogP contribution in [0, 0.1) is 0 Å². The zero-order chi connectivity index (χ0) is 13.7. The average Bonchev–Trinajstić information content (AvgIpc) is 2.40. The van der Waals surface area contributed by atoms with Gasteiger partial charge in [-0.25, -0.2) is 0 Å². The van der Waals surface area contributed by atoms with E-state index in [0.29, 0.717) is 6.04 Å². The molecule has 0 saturated carbocycles. The molecule has 1 atom stereocenters. The summed E-state index contributed by atoms with van der Waals surface area (Å²) in [6.45, 7) is 8.04. The van der Waals surface area contributed by atoms with Crippen LogP contribution in [0.25, 0.3) is 0 Å². The smallest absolute Gasteiger partial charge is 0.0262 e. The fourth-order valence-electron chi connectivity index (χ4n) is 2.77. The van der Waals surface area contributed by atoms with Gasteiger partial charge in [-0.1, -0.05) is 30.3 Å². The van der Waals surface area contributed by atoms with Gasteiger partial charge >= 0.3 is 0 Å². The largest absolute Gasteiger partial charge is 0.309 e. The minimum atomic E-state index is 0.242. The van der Waals surface area contributed by atoms with Crippen molar-refractivity contribution >= 4 is 11.8 Å². The summed E-state index contributed by atoms with van der Waals surface area (Å²) in [5.41, 5.74) is 1.69. The van der Waals surface area contributed by atoms with E-state index in [1.807, 2.05) is 11.8 Å². The number of nitrogens with one attached hydrogen (secondary N) is 1. The van der Waals surface area contributed by atoms with Gasteiger partial charge in [0.05, 0.1) is 0 Å². The van der Waals surface area contributed by atoms with Crippen LogP contribution in [0.15, 0.2) is 30.3 Å². The maximum atomic E-state index is 3.69. The number of piperazine rings is 1. The Labute approximate surface area is 122 Å². The number of hydrogen-bond donors (Lipinski definition) is 1. The molecule has 1 aliphatic heterocycles. The van der Waals surface area contributed by atoms with E-state index in [1.54, 1.807) is 0 Å². The first-order valence-electron chi connectivity index (χ1n) is 7.13. The predicted octanol–water partition coefficient (Wildman–Crippen LogP) is 2.64. The molecular formula is C16H26N2S. The van der Waals surface area contributed by atoms with Crippen LogP contribution in [-0.4, -0.2) is 48.1 Å². The van der Waals surface area contributed by atoms with E-state index in [4.69, 9.17) is 0 Å². The molecule has 2 rings (SSSR count). The molecular weight excluding hydrogens is 252 g/mol. The van der Waals surface area contributed by atoms with Crippen LogP contribution in [0.4, 0.5) is 0 Å². The van der Waals surface area contributed by atoms with Gasteiger partial charge in [-0.05, 0) is 32.1 Å². The van der Waals surface area contributed by atoms with E-state index in [9.17, 15) is 0 Å². The number of hydrogen-bond acceptors (Lipinski definition) is 3. The molecule has 1 N–H and O–H groups in total. The molecule has 106 valence electrons. The van der Waals surface area contributed by atoms with Gasteiger partial charge in [0.2, 0.25) is 0 Å². The van der Waals surface area contributed by atoms with Crippen molar-refractivity contribution in [3.8, 4) is 0 Å². The van der Waals surface area contributed by atoms with Gasteiger partial charge in [0.1, 0.15) is 0 Å². The molecule has 1 unspecified atom stereocenters. The van der Waals surface area contributed by atoms with Crippen molar-refractivity contribution < 1.29 is 0 Å². The van der Waals surface area contributed by atoms with Crippen molar-refractivity contribution in [3.63, 3.8) is 0 Å². The maximum absolute atomic E-state index is 3.69. The molecule has 3 heteroatoms. The van der Waals surface area contributed by atoms with Gasteiger partial charge in [-0.2, -0.15) is 11.8 Å². The third-order valence-electron chi connectivity index (χ3n) is 3.83. The Bertz CT molecular complexity index is 378. The Morgan fingerprint density at radius 3 is 2.74 bits per heavy atom. The highest BCUT2D eigenvalue weighted by atomic mass is 32.2. The second-order valence-corrected chi connectivity index (χ2v) is 7.06. The lowest BCUT2D eigenvalue weighted by molar-refractivity contribution is 0.102. The fourth-order valence-corrected chi connectivity index (χ4v) is 3.19. The molecule has 0 amide bonds. The second-order valence-electron chi connectivity index (χ2n) is 6.07. The van der Waals surface area contributed by atoms with Crippen molar-refractivity contribution in [2.75, 3.05) is 31.6 Å². The minimum absolute atomic E-state index is 0.242. The highest BCUT2D eigenvalue weighted by molar-refractivity contribution is 7.98. The number of rotatable bonds is 5. The Hall–Kier alpha value is -0.510. The molecule has 1 aromatic rings. The molecule has 0 bridgehead atoms. The lowest BCUT2D eigenvalue weighted by Gasteiger charge is -2.44. The first-order chi connectivity index (χ1) is 9.11. The predicted molar refractivity (Wildman–Crippen MR) is 86.0 cm³/mol. The summed E-state index contributed by atoms with van der Waals surface area (Å²) in [4.78, 5) is 2.67. The van der Waals surface area contributed by atoms with Crippen molar-refractivity contribution in [2.24, 2.45) is 0 Å². The third kappa shape index (κ3) is 4.51. The van der Waals surface area contributed by atoms with E-state index in [2.05, 4.69) is 60.7 Å². The number of nitrogens with zero attached hydrogens (tertiary/aromatic N) is 1. The summed E-state index contributed by atoms with van der Waals surface area (Å²) >= 11 is 1.94. The van der Waals surface area contributed by atoms with Crippen molar-refractivity contribution in [1.29, 1.82) is 0 Å². The Morgan fingerprint density at radius 2 is 2.05 bits per heavy atom. The summed E-state index contributed by atoms with van der Waals surface area (Å²) < 4.78 is 0. The summed E-state index contributed by atoms with van der Waals surface area (Å²) in [6, 6.07) is 11.5. The number of benzene rings is 1. The van der Waals surface area contributed by atoms with Gasteiger partial charge < -0.3 is 5.32 Å². The van der Waals surface area contributed by atoms with E-state index in [-0.39, 0.29) is 5.54 Å². The fraction of sp³-hybridized carbons (Fsp3) is 0.625. The van der Waals surface area contributed by atoms with Crippen LogP contribution in [0.2, 0.25) is 0 Å². The third-order valence-corrected chi connectivity index (χ3v) is 4.42. The summed E-state index contributed by atoms with van der Waals surface area (Å²) in [5, 5.41) is 3.69. The zero-order valence-corrected chi connectivity index (χ0v) is 13.2. The lowest BCUT2D eigenvalue weighted by atomic mass is 9.95. The molecule has 1 saturated heterocycles. The molecule has 2 nitrogen and oxygen atoms in total. The van der Waals surface area contributed by atoms with Crippen molar-refractivity contribution in [1.82, 2.24) is 10.2 Å². The molecule has 0 aliphatic carbocycles. The van der Waals surface area contributed by atoms with Crippen LogP contribution in [-0.2, 0) is 6.42 Å². The maximum Gasteiger partial charge on any atom is 0.0262 e. The molecule has 19 heavy (non-hydrogen) atoms. The highest BCUT2D eigenvalue weighted by Crippen LogP contribution is 2.18. The molecule has 1 aliphatic rings. The quantitative estimate of drug-likeness (QED) is 0.891. The highest BCUT2D eigenvalue weighted by Gasteiger charge is 2.31. The monoisotopic (exact) mass is 278 g/mol. The molecule has 1 heterocycles. The first-order valence-corrected chi connectivity index (χ1v) is 8.52. The Morgan fingerprint density at radius 1 is 1.32 bits per heavy atom. The molecule has 0 radical (unpaired) electrons. The van der Waals surface area contributed by atoms with E-state index >= 15 is 0 Å². The molecule has 1 fully saturated rings. The SMILES string of the molecule is CSCCN1CC(C)(C)NCC1Cc1ccccc1. The van der Waals surface area contributed by atoms with Gasteiger partial charge in [0.25, 0.3) is 0 Å². The molecule has 0 spiro atoms. The van der Waals surface area contributed by atoms with Crippen LogP contribution in [0.1, 0.15) is 19.4 Å². The van der Waals surface area contributed by atoms with Crippen molar-refractivity contribution in [2.45, 2.75) is 31.8 Å².